The highest BCUT2D eigenvalue weighted by atomic mass is 31.2. The van der Waals surface area contributed by atoms with Crippen molar-refractivity contribution in [3.05, 3.63) is 122 Å². The maximum Gasteiger partial charge on any atom is 0.472 e. The van der Waals surface area contributed by atoms with Gasteiger partial charge in [-0.05, 0) is 89.9 Å². The largest absolute Gasteiger partial charge is 0.472 e. The monoisotopic (exact) mass is 855 g/mol. The van der Waals surface area contributed by atoms with E-state index in [0.29, 0.717) is 23.9 Å². The van der Waals surface area contributed by atoms with E-state index in [1.807, 2.05) is 33.3 Å². The Kier molecular flexibility index (Phi) is 38.4. The molecule has 0 fully saturated rings. The van der Waals surface area contributed by atoms with Gasteiger partial charge in [0.1, 0.15) is 19.8 Å². The molecule has 0 aromatic carbocycles. The Labute approximate surface area is 365 Å². The minimum absolute atomic E-state index is 0.00804. The van der Waals surface area contributed by atoms with Gasteiger partial charge in [0, 0.05) is 12.8 Å². The molecule has 0 heterocycles. The van der Waals surface area contributed by atoms with Gasteiger partial charge in [0.25, 0.3) is 0 Å². The van der Waals surface area contributed by atoms with Gasteiger partial charge >= 0.3 is 19.8 Å². The van der Waals surface area contributed by atoms with E-state index in [4.69, 9.17) is 18.5 Å². The minimum Gasteiger partial charge on any atom is -0.462 e. The van der Waals surface area contributed by atoms with Crippen LogP contribution in [0.25, 0.3) is 0 Å². The van der Waals surface area contributed by atoms with Gasteiger partial charge in [0.05, 0.1) is 27.7 Å². The zero-order valence-electron chi connectivity index (χ0n) is 37.9. The molecule has 0 saturated heterocycles. The first-order valence-electron chi connectivity index (χ1n) is 22.3. The second-order valence-corrected chi connectivity index (χ2v) is 16.8. The van der Waals surface area contributed by atoms with E-state index in [9.17, 15) is 19.0 Å². The number of hydrogen-bond acceptors (Lipinski definition) is 7. The minimum atomic E-state index is -4.41. The van der Waals surface area contributed by atoms with Crippen molar-refractivity contribution in [1.29, 1.82) is 0 Å². The van der Waals surface area contributed by atoms with Crippen LogP contribution in [0.15, 0.2) is 122 Å². The molecule has 2 unspecified atom stereocenters. The number of quaternary nitrogens is 1. The highest BCUT2D eigenvalue weighted by Crippen LogP contribution is 2.43. The van der Waals surface area contributed by atoms with Crippen LogP contribution in [0.3, 0.4) is 0 Å². The van der Waals surface area contributed by atoms with E-state index < -0.39 is 32.5 Å². The number of hydrogen-bond donors (Lipinski definition) is 1. The molecule has 9 nitrogen and oxygen atoms in total. The molecule has 338 valence electrons. The lowest BCUT2D eigenvalue weighted by atomic mass is 10.1. The average Bonchev–Trinajstić information content (AvgIpc) is 3.20. The molecule has 0 spiro atoms. The maximum atomic E-state index is 12.7. The quantitative estimate of drug-likeness (QED) is 0.0215. The number of phosphoric ester groups is 1. The molecule has 60 heavy (non-hydrogen) atoms. The van der Waals surface area contributed by atoms with Crippen LogP contribution in [0.2, 0.25) is 0 Å². The Hall–Kier alpha value is -3.59. The van der Waals surface area contributed by atoms with Gasteiger partial charge in [0.2, 0.25) is 0 Å². The number of rotatable bonds is 38. The van der Waals surface area contributed by atoms with E-state index >= 15 is 0 Å². The van der Waals surface area contributed by atoms with Gasteiger partial charge in [-0.25, -0.2) is 4.57 Å². The van der Waals surface area contributed by atoms with Crippen LogP contribution < -0.4 is 0 Å². The summed E-state index contributed by atoms with van der Waals surface area (Å²) < 4.78 is 34.2. The van der Waals surface area contributed by atoms with Crippen molar-refractivity contribution < 1.29 is 42.1 Å². The molecule has 2 atom stereocenters. The van der Waals surface area contributed by atoms with Crippen molar-refractivity contribution in [3.8, 4) is 0 Å². The summed E-state index contributed by atoms with van der Waals surface area (Å²) >= 11 is 0. The second kappa shape index (κ2) is 40.8. The van der Waals surface area contributed by atoms with Gasteiger partial charge in [-0.3, -0.25) is 18.6 Å². The van der Waals surface area contributed by atoms with Crippen molar-refractivity contribution >= 4 is 19.8 Å². The van der Waals surface area contributed by atoms with E-state index in [1.54, 1.807) is 0 Å². The number of carbonyl (C=O) groups excluding carboxylic acids is 2. The predicted molar refractivity (Wildman–Crippen MR) is 251 cm³/mol. The van der Waals surface area contributed by atoms with E-state index in [2.05, 4.69) is 123 Å². The summed E-state index contributed by atoms with van der Waals surface area (Å²) in [7, 11) is 1.40. The molecule has 0 rings (SSSR count). The topological polar surface area (TPSA) is 108 Å². The van der Waals surface area contributed by atoms with Gasteiger partial charge in [0.15, 0.2) is 6.10 Å². The highest BCUT2D eigenvalue weighted by Gasteiger charge is 2.27. The summed E-state index contributed by atoms with van der Waals surface area (Å²) in [5, 5.41) is 0. The van der Waals surface area contributed by atoms with Gasteiger partial charge in [-0.2, -0.15) is 0 Å². The maximum absolute atomic E-state index is 12.7. The zero-order chi connectivity index (χ0) is 44.3. The van der Waals surface area contributed by atoms with Crippen molar-refractivity contribution in [2.45, 2.75) is 136 Å². The molecule has 0 saturated carbocycles. The molecule has 0 amide bonds. The van der Waals surface area contributed by atoms with Gasteiger partial charge in [-0.15, -0.1) is 0 Å². The highest BCUT2D eigenvalue weighted by molar-refractivity contribution is 7.47. The Morgan fingerprint density at radius 3 is 1.38 bits per heavy atom. The molecule has 0 aromatic rings. The third-order valence-corrected chi connectivity index (χ3v) is 9.48. The summed E-state index contributed by atoms with van der Waals surface area (Å²) in [6, 6.07) is 0. The van der Waals surface area contributed by atoms with Crippen LogP contribution in [-0.4, -0.2) is 74.9 Å². The number of allylic oxidation sites excluding steroid dienone is 20. The molecular weight excluding hydrogens is 774 g/mol. The number of likely N-dealkylation sites (N-methyl/N-ethyl adjacent to an activating group) is 1. The Morgan fingerprint density at radius 1 is 0.517 bits per heavy atom. The fourth-order valence-electron chi connectivity index (χ4n) is 5.09. The smallest absolute Gasteiger partial charge is 0.462 e. The third-order valence-electron chi connectivity index (χ3n) is 8.50. The van der Waals surface area contributed by atoms with Crippen LogP contribution in [-0.2, 0) is 32.7 Å². The van der Waals surface area contributed by atoms with Crippen molar-refractivity contribution in [2.75, 3.05) is 47.5 Å². The molecule has 0 bridgehead atoms. The standard InChI is InChI=1S/C50H80NO8P/c1-6-8-10-12-14-16-18-20-21-22-23-24-25-26-27-28-29-31-33-35-37-39-41-43-50(53)59-48(47-58-60(54,55)57-45-44-51(3,4)5)46-56-49(52)42-40-38-36-34-32-30-19-17-15-13-11-9-7-2/h8-11,14-17,20-21,23-24,26-27,29-32,36,38,48H,6-7,12-13,18-19,22,25,28,33-35,37,39-47H2,1-5H3/p+1/b10-8-,11-9-,16-14-,17-15-,21-20-,24-23-,27-26-,31-29-,32-30-,38-36-. The summed E-state index contributed by atoms with van der Waals surface area (Å²) in [6.07, 6.45) is 57.0. The summed E-state index contributed by atoms with van der Waals surface area (Å²) in [5.41, 5.74) is 0. The number of nitrogens with zero attached hydrogens (tertiary/aromatic N) is 1. The number of unbranched alkanes of at least 4 members (excludes halogenated alkanes) is 4. The molecule has 0 aliphatic heterocycles. The summed E-state index contributed by atoms with van der Waals surface area (Å²) in [5.74, 6) is -0.938. The first-order valence-corrected chi connectivity index (χ1v) is 23.8. The molecule has 1 N–H and O–H groups in total. The van der Waals surface area contributed by atoms with Crippen LogP contribution >= 0.6 is 7.82 Å². The fraction of sp³-hybridized carbons (Fsp3) is 0.560. The fourth-order valence-corrected chi connectivity index (χ4v) is 5.83. The zero-order valence-corrected chi connectivity index (χ0v) is 38.8. The number of phosphoric acid groups is 1. The SMILES string of the molecule is CC/C=C\C/C=C\C/C=C\C/C=C\C/C=C\C/C=C\CCCCCCC(=O)OC(COC(=O)CC/C=C\C/C=C\C/C=C\C/C=C\CC)COP(=O)(O)OCC[N+](C)(C)C. The average molecular weight is 855 g/mol. The predicted octanol–water partition coefficient (Wildman–Crippen LogP) is 12.9. The van der Waals surface area contributed by atoms with Crippen LogP contribution in [0, 0.1) is 0 Å². The van der Waals surface area contributed by atoms with Crippen LogP contribution in [0.5, 0.6) is 0 Å². The lowest BCUT2D eigenvalue weighted by molar-refractivity contribution is -0.870. The van der Waals surface area contributed by atoms with Crippen molar-refractivity contribution in [2.24, 2.45) is 0 Å². The van der Waals surface area contributed by atoms with Crippen LogP contribution in [0.4, 0.5) is 0 Å². The molecule has 10 heteroatoms. The third kappa shape index (κ3) is 44.0. The Bertz CT molecular complexity index is 1430. The number of esters is 2. The molecule has 0 aliphatic carbocycles. The number of carbonyl (C=O) groups is 2. The first-order chi connectivity index (χ1) is 29.0. The Balaban J connectivity index is 4.49. The summed E-state index contributed by atoms with van der Waals surface area (Å²) in [4.78, 5) is 35.3. The second-order valence-electron chi connectivity index (χ2n) is 15.3. The van der Waals surface area contributed by atoms with Gasteiger partial charge in [-0.1, -0.05) is 148 Å². The molecule has 0 aromatic heterocycles. The van der Waals surface area contributed by atoms with E-state index in [-0.39, 0.29) is 26.1 Å². The van der Waals surface area contributed by atoms with Crippen molar-refractivity contribution in [3.63, 3.8) is 0 Å². The molecular formula is C50H81NO8P+. The van der Waals surface area contributed by atoms with Crippen LogP contribution in [0.1, 0.15) is 129 Å². The van der Waals surface area contributed by atoms with E-state index in [0.717, 1.165) is 89.9 Å². The number of ether oxygens (including phenoxy) is 2. The lowest BCUT2D eigenvalue weighted by Crippen LogP contribution is -2.37. The molecule has 0 radical (unpaired) electrons. The molecule has 0 aliphatic rings. The van der Waals surface area contributed by atoms with E-state index in [1.165, 1.54) is 0 Å². The normalized spacial score (nSPS) is 14.7. The summed E-state index contributed by atoms with van der Waals surface area (Å²) in [6.45, 7) is 4.03. The van der Waals surface area contributed by atoms with Gasteiger partial charge < -0.3 is 18.9 Å². The first kappa shape index (κ1) is 56.4. The van der Waals surface area contributed by atoms with Crippen molar-refractivity contribution in [1.82, 2.24) is 0 Å². The Morgan fingerprint density at radius 2 is 0.933 bits per heavy atom. The lowest BCUT2D eigenvalue weighted by Gasteiger charge is -2.24.